The molecule has 2 N–H and O–H groups in total. The van der Waals surface area contributed by atoms with Gasteiger partial charge in [-0.05, 0) is 18.6 Å². The highest BCUT2D eigenvalue weighted by molar-refractivity contribution is 7.89. The maximum Gasteiger partial charge on any atom is 0.269 e. The van der Waals surface area contributed by atoms with Crippen molar-refractivity contribution in [2.45, 2.75) is 18.2 Å². The van der Waals surface area contributed by atoms with Gasteiger partial charge in [0.2, 0.25) is 10.0 Å². The summed E-state index contributed by atoms with van der Waals surface area (Å²) in [7, 11) is -4.22. The fraction of sp³-hybridized carbons (Fsp3) is 0.111. The van der Waals surface area contributed by atoms with E-state index in [0.717, 1.165) is 0 Å². The number of fused-ring (bicyclic) bond motifs is 1. The van der Waals surface area contributed by atoms with E-state index in [0.29, 0.717) is 5.56 Å². The van der Waals surface area contributed by atoms with Crippen molar-refractivity contribution in [3.8, 4) is 0 Å². The van der Waals surface area contributed by atoms with Gasteiger partial charge in [-0.3, -0.25) is 19.7 Å². The fourth-order valence-electron chi connectivity index (χ4n) is 3.05. The van der Waals surface area contributed by atoms with Gasteiger partial charge in [-0.15, -0.1) is 0 Å². The van der Waals surface area contributed by atoms with Gasteiger partial charge in [-0.1, -0.05) is 24.3 Å². The monoisotopic (exact) mass is 386 g/mol. The highest BCUT2D eigenvalue weighted by Gasteiger charge is 2.34. The van der Waals surface area contributed by atoms with Crippen LogP contribution in [0.25, 0.3) is 0 Å². The SMILES string of the molecule is CC1=C(Cc2cccc([N+](=O)[O-])c2)C(=O)c2c(cccc2S(N)(=O)=O)C1=O. The summed E-state index contributed by atoms with van der Waals surface area (Å²) in [6.45, 7) is 1.47. The van der Waals surface area contributed by atoms with Crippen molar-refractivity contribution in [3.05, 3.63) is 80.4 Å². The van der Waals surface area contributed by atoms with E-state index in [-0.39, 0.29) is 34.4 Å². The van der Waals surface area contributed by atoms with Crippen LogP contribution in [0.5, 0.6) is 0 Å². The molecular weight excluding hydrogens is 372 g/mol. The Morgan fingerprint density at radius 2 is 1.74 bits per heavy atom. The van der Waals surface area contributed by atoms with E-state index < -0.39 is 31.4 Å². The lowest BCUT2D eigenvalue weighted by molar-refractivity contribution is -0.384. The molecule has 9 heteroatoms. The number of benzene rings is 2. The van der Waals surface area contributed by atoms with Gasteiger partial charge in [0.05, 0.1) is 15.4 Å². The summed E-state index contributed by atoms with van der Waals surface area (Å²) in [5, 5.41) is 16.1. The number of allylic oxidation sites excluding steroid dienone is 2. The summed E-state index contributed by atoms with van der Waals surface area (Å²) < 4.78 is 23.7. The molecule has 0 atom stereocenters. The number of primary sulfonamides is 1. The van der Waals surface area contributed by atoms with Crippen molar-refractivity contribution in [3.63, 3.8) is 0 Å². The smallest absolute Gasteiger partial charge is 0.269 e. The molecule has 0 unspecified atom stereocenters. The average molecular weight is 386 g/mol. The second-order valence-electron chi connectivity index (χ2n) is 6.09. The van der Waals surface area contributed by atoms with E-state index >= 15 is 0 Å². The number of nitrogens with two attached hydrogens (primary N) is 1. The van der Waals surface area contributed by atoms with Crippen LogP contribution in [-0.4, -0.2) is 24.9 Å². The van der Waals surface area contributed by atoms with E-state index in [4.69, 9.17) is 5.14 Å². The first-order chi connectivity index (χ1) is 12.6. The number of Topliss-reactive ketones (excluding diaryl/α,β-unsaturated/α-hetero) is 2. The molecule has 3 rings (SSSR count). The number of nitro groups is 1. The summed E-state index contributed by atoms with van der Waals surface area (Å²) in [6, 6.07) is 9.58. The van der Waals surface area contributed by atoms with Crippen molar-refractivity contribution in [2.24, 2.45) is 5.14 Å². The third-order valence-corrected chi connectivity index (χ3v) is 5.33. The Hall–Kier alpha value is -3.17. The number of hydrogen-bond acceptors (Lipinski definition) is 6. The highest BCUT2D eigenvalue weighted by Crippen LogP contribution is 2.32. The zero-order valence-corrected chi connectivity index (χ0v) is 14.9. The summed E-state index contributed by atoms with van der Waals surface area (Å²) in [5.74, 6) is -1.10. The maximum atomic E-state index is 13.0. The van der Waals surface area contributed by atoms with Crippen molar-refractivity contribution in [1.82, 2.24) is 0 Å². The van der Waals surface area contributed by atoms with Crippen LogP contribution in [0.4, 0.5) is 5.69 Å². The van der Waals surface area contributed by atoms with Crippen LogP contribution in [0.2, 0.25) is 0 Å². The molecule has 1 aliphatic rings. The van der Waals surface area contributed by atoms with Gasteiger partial charge in [0, 0.05) is 35.3 Å². The first kappa shape index (κ1) is 18.6. The molecule has 0 aromatic heterocycles. The number of hydrogen-bond donors (Lipinski definition) is 1. The predicted molar refractivity (Wildman–Crippen MR) is 96.0 cm³/mol. The molecule has 0 spiro atoms. The number of non-ortho nitro benzene ring substituents is 1. The lowest BCUT2D eigenvalue weighted by Gasteiger charge is -2.21. The van der Waals surface area contributed by atoms with Gasteiger partial charge in [0.1, 0.15) is 0 Å². The molecule has 27 heavy (non-hydrogen) atoms. The number of rotatable bonds is 4. The third kappa shape index (κ3) is 3.29. The van der Waals surface area contributed by atoms with Gasteiger partial charge in [-0.25, -0.2) is 13.6 Å². The zero-order valence-electron chi connectivity index (χ0n) is 14.1. The number of nitro benzene ring substituents is 1. The Kier molecular flexibility index (Phi) is 4.50. The van der Waals surface area contributed by atoms with E-state index in [1.54, 1.807) is 6.07 Å². The number of ketones is 2. The van der Waals surface area contributed by atoms with Gasteiger partial charge in [-0.2, -0.15) is 0 Å². The van der Waals surface area contributed by atoms with Crippen LogP contribution in [-0.2, 0) is 16.4 Å². The van der Waals surface area contributed by atoms with Gasteiger partial charge in [0.25, 0.3) is 5.69 Å². The van der Waals surface area contributed by atoms with Crippen LogP contribution in [0.1, 0.15) is 33.2 Å². The quantitative estimate of drug-likeness (QED) is 0.631. The number of nitrogens with zero attached hydrogens (tertiary/aromatic N) is 1. The third-order valence-electron chi connectivity index (χ3n) is 4.37. The first-order valence-electron chi connectivity index (χ1n) is 7.79. The molecule has 0 saturated heterocycles. The maximum absolute atomic E-state index is 13.0. The summed E-state index contributed by atoms with van der Waals surface area (Å²) in [5.41, 5.74) is 0.291. The molecule has 0 aliphatic heterocycles. The Morgan fingerprint density at radius 1 is 1.07 bits per heavy atom. The topological polar surface area (TPSA) is 137 Å². The minimum Gasteiger partial charge on any atom is -0.289 e. The standard InChI is InChI=1S/C18H14N2O6S/c1-10-14(9-11-4-2-5-12(8-11)20(23)24)18(22)16-13(17(10)21)6-3-7-15(16)27(19,25)26/h2-8H,9H2,1H3,(H2,19,25,26). The first-order valence-corrected chi connectivity index (χ1v) is 9.34. The molecule has 0 saturated carbocycles. The predicted octanol–water partition coefficient (Wildman–Crippen LogP) is 2.18. The fourth-order valence-corrected chi connectivity index (χ4v) is 3.80. The van der Waals surface area contributed by atoms with Crippen molar-refractivity contribution in [2.75, 3.05) is 0 Å². The number of sulfonamides is 1. The van der Waals surface area contributed by atoms with E-state index in [9.17, 15) is 28.1 Å². The lowest BCUT2D eigenvalue weighted by atomic mass is 9.82. The van der Waals surface area contributed by atoms with Crippen molar-refractivity contribution >= 4 is 27.3 Å². The average Bonchev–Trinajstić information content (AvgIpc) is 2.62. The Labute approximate surface area is 154 Å². The molecule has 0 fully saturated rings. The van der Waals surface area contributed by atoms with Crippen LogP contribution >= 0.6 is 0 Å². The molecule has 8 nitrogen and oxygen atoms in total. The van der Waals surface area contributed by atoms with E-state index in [1.807, 2.05) is 0 Å². The van der Waals surface area contributed by atoms with Gasteiger partial charge >= 0.3 is 0 Å². The molecule has 0 heterocycles. The molecule has 0 bridgehead atoms. The van der Waals surface area contributed by atoms with Crippen molar-refractivity contribution < 1.29 is 22.9 Å². The second-order valence-corrected chi connectivity index (χ2v) is 7.62. The molecule has 0 radical (unpaired) electrons. The van der Waals surface area contributed by atoms with E-state index in [1.165, 1.54) is 43.3 Å². The number of carbonyl (C=O) groups is 2. The Morgan fingerprint density at radius 3 is 2.37 bits per heavy atom. The van der Waals surface area contributed by atoms with E-state index in [2.05, 4.69) is 0 Å². The number of carbonyl (C=O) groups excluding carboxylic acids is 2. The summed E-state index contributed by atoms with van der Waals surface area (Å²) >= 11 is 0. The largest absolute Gasteiger partial charge is 0.289 e. The zero-order chi connectivity index (χ0) is 19.9. The normalized spacial score (nSPS) is 14.3. The van der Waals surface area contributed by atoms with Gasteiger partial charge < -0.3 is 0 Å². The van der Waals surface area contributed by atoms with Crippen LogP contribution < -0.4 is 5.14 Å². The molecule has 138 valence electrons. The second kappa shape index (κ2) is 6.53. The molecular formula is C18H14N2O6S. The molecule has 0 amide bonds. The van der Waals surface area contributed by atoms with Gasteiger partial charge in [0.15, 0.2) is 11.6 Å². The minimum atomic E-state index is -4.22. The van der Waals surface area contributed by atoms with Crippen LogP contribution in [0, 0.1) is 10.1 Å². The highest BCUT2D eigenvalue weighted by atomic mass is 32.2. The summed E-state index contributed by atoms with van der Waals surface area (Å²) in [6.07, 6.45) is -0.0452. The Balaban J connectivity index is 2.13. The summed E-state index contributed by atoms with van der Waals surface area (Å²) in [4.78, 5) is 35.6. The minimum absolute atomic E-state index is 0.0215. The Bertz CT molecular complexity index is 1150. The molecule has 2 aromatic carbocycles. The van der Waals surface area contributed by atoms with Crippen molar-refractivity contribution in [1.29, 1.82) is 0 Å². The lowest BCUT2D eigenvalue weighted by Crippen LogP contribution is -2.26. The molecule has 1 aliphatic carbocycles. The van der Waals surface area contributed by atoms with Crippen LogP contribution in [0.3, 0.4) is 0 Å². The van der Waals surface area contributed by atoms with Crippen LogP contribution in [0.15, 0.2) is 58.5 Å². The molecule has 2 aromatic rings.